The summed E-state index contributed by atoms with van der Waals surface area (Å²) in [4.78, 5) is 29.2. The number of carbonyl (C=O) groups is 2. The van der Waals surface area contributed by atoms with Gasteiger partial charge in [0.1, 0.15) is 12.6 Å². The minimum Gasteiger partial charge on any atom is -0.493 e. The van der Waals surface area contributed by atoms with Gasteiger partial charge in [0, 0.05) is 23.7 Å². The Kier molecular flexibility index (Phi) is 11.4. The van der Waals surface area contributed by atoms with E-state index in [4.69, 9.17) is 21.1 Å². The Bertz CT molecular complexity index is 1600. The Balaban J connectivity index is 1.74. The molecule has 4 rings (SSSR count). The lowest BCUT2D eigenvalue weighted by atomic mass is 9.95. The third kappa shape index (κ3) is 8.49. The van der Waals surface area contributed by atoms with E-state index in [1.54, 1.807) is 37.3 Å². The second-order valence-corrected chi connectivity index (χ2v) is 13.8. The minimum atomic E-state index is -4.29. The number of nitrogens with one attached hydrogen (secondary N) is 1. The molecule has 2 amide bonds. The van der Waals surface area contributed by atoms with Crippen LogP contribution < -0.4 is 19.1 Å². The Morgan fingerprint density at radius 3 is 2.22 bits per heavy atom. The van der Waals surface area contributed by atoms with Crippen LogP contribution >= 0.6 is 11.6 Å². The van der Waals surface area contributed by atoms with Gasteiger partial charge in [0.25, 0.3) is 10.0 Å². The zero-order valence-electron chi connectivity index (χ0n) is 26.5. The fraction of sp³-hybridized carbons (Fsp3) is 0.412. The molecule has 0 saturated heterocycles. The van der Waals surface area contributed by atoms with Crippen molar-refractivity contribution in [3.05, 3.63) is 82.4 Å². The number of methoxy groups -OCH3 is 2. The molecule has 45 heavy (non-hydrogen) atoms. The molecule has 0 unspecified atom stereocenters. The summed E-state index contributed by atoms with van der Waals surface area (Å²) < 4.78 is 40.4. The zero-order valence-corrected chi connectivity index (χ0v) is 28.1. The average Bonchev–Trinajstić information content (AvgIpc) is 3.01. The van der Waals surface area contributed by atoms with Crippen LogP contribution in [0.3, 0.4) is 0 Å². The predicted octanol–water partition coefficient (Wildman–Crippen LogP) is 6.04. The molecular weight excluding hydrogens is 614 g/mol. The number of aryl methyl sites for hydroxylation is 2. The molecule has 0 aliphatic heterocycles. The molecule has 0 bridgehead atoms. The Morgan fingerprint density at radius 1 is 0.933 bits per heavy atom. The Labute approximate surface area is 271 Å². The van der Waals surface area contributed by atoms with Crippen LogP contribution in [-0.2, 0) is 26.2 Å². The minimum absolute atomic E-state index is 0.0500. The molecule has 1 atom stereocenters. The molecule has 9 nitrogen and oxygen atoms in total. The Morgan fingerprint density at radius 2 is 1.60 bits per heavy atom. The molecule has 0 aromatic heterocycles. The summed E-state index contributed by atoms with van der Waals surface area (Å²) in [5.74, 6) is -0.209. The van der Waals surface area contributed by atoms with Crippen LogP contribution in [0.5, 0.6) is 11.5 Å². The number of sulfonamides is 1. The maximum absolute atomic E-state index is 14.3. The van der Waals surface area contributed by atoms with E-state index in [9.17, 15) is 18.0 Å². The highest BCUT2D eigenvalue weighted by Crippen LogP contribution is 2.33. The van der Waals surface area contributed by atoms with Gasteiger partial charge in [-0.3, -0.25) is 13.9 Å². The molecule has 1 saturated carbocycles. The number of halogens is 1. The highest BCUT2D eigenvalue weighted by molar-refractivity contribution is 7.92. The lowest BCUT2D eigenvalue weighted by molar-refractivity contribution is -0.139. The van der Waals surface area contributed by atoms with Gasteiger partial charge in [-0.25, -0.2) is 8.42 Å². The topological polar surface area (TPSA) is 105 Å². The first-order valence-electron chi connectivity index (χ1n) is 15.1. The summed E-state index contributed by atoms with van der Waals surface area (Å²) in [5, 5.41) is 3.61. The quantitative estimate of drug-likeness (QED) is 0.255. The number of ether oxygens (including phenoxy) is 2. The van der Waals surface area contributed by atoms with Crippen molar-refractivity contribution in [3.8, 4) is 11.5 Å². The van der Waals surface area contributed by atoms with Gasteiger partial charge >= 0.3 is 0 Å². The van der Waals surface area contributed by atoms with Crippen molar-refractivity contribution < 1.29 is 27.5 Å². The third-order valence-electron chi connectivity index (χ3n) is 8.08. The van der Waals surface area contributed by atoms with E-state index in [1.807, 2.05) is 26.0 Å². The van der Waals surface area contributed by atoms with Crippen LogP contribution in [0.15, 0.2) is 65.6 Å². The Hall–Kier alpha value is -3.76. The average molecular weight is 656 g/mol. The van der Waals surface area contributed by atoms with Crippen molar-refractivity contribution in [2.75, 3.05) is 25.1 Å². The van der Waals surface area contributed by atoms with E-state index in [1.165, 1.54) is 37.3 Å². The van der Waals surface area contributed by atoms with Crippen molar-refractivity contribution in [1.29, 1.82) is 0 Å². The van der Waals surface area contributed by atoms with Gasteiger partial charge in [-0.05, 0) is 86.7 Å². The van der Waals surface area contributed by atoms with Crippen LogP contribution in [0.25, 0.3) is 0 Å². The van der Waals surface area contributed by atoms with Crippen molar-refractivity contribution in [2.24, 2.45) is 0 Å². The number of amides is 2. The lowest BCUT2D eigenvalue weighted by Gasteiger charge is -2.33. The van der Waals surface area contributed by atoms with E-state index in [0.29, 0.717) is 22.0 Å². The van der Waals surface area contributed by atoms with Gasteiger partial charge < -0.3 is 19.7 Å². The third-order valence-corrected chi connectivity index (χ3v) is 10.1. The predicted molar refractivity (Wildman–Crippen MR) is 176 cm³/mol. The fourth-order valence-corrected chi connectivity index (χ4v) is 7.34. The summed E-state index contributed by atoms with van der Waals surface area (Å²) >= 11 is 6.26. The van der Waals surface area contributed by atoms with Gasteiger partial charge in [-0.15, -0.1) is 0 Å². The molecule has 0 heterocycles. The molecule has 0 radical (unpaired) electrons. The number of anilines is 1. The van der Waals surface area contributed by atoms with Crippen molar-refractivity contribution >= 4 is 39.1 Å². The summed E-state index contributed by atoms with van der Waals surface area (Å²) in [5.41, 5.74) is 2.72. The summed E-state index contributed by atoms with van der Waals surface area (Å²) in [6.45, 7) is 4.92. The molecule has 1 aliphatic carbocycles. The number of hydrogen-bond acceptors (Lipinski definition) is 6. The van der Waals surface area contributed by atoms with Crippen LogP contribution in [0.2, 0.25) is 5.02 Å². The molecule has 11 heteroatoms. The first kappa shape index (κ1) is 34.1. The zero-order chi connectivity index (χ0) is 32.7. The highest BCUT2D eigenvalue weighted by atomic mass is 35.5. The number of hydrogen-bond donors (Lipinski definition) is 1. The maximum Gasteiger partial charge on any atom is 0.264 e. The van der Waals surface area contributed by atoms with Crippen molar-refractivity contribution in [3.63, 3.8) is 0 Å². The molecule has 1 fully saturated rings. The second-order valence-electron chi connectivity index (χ2n) is 11.5. The van der Waals surface area contributed by atoms with E-state index in [-0.39, 0.29) is 29.1 Å². The normalized spacial score (nSPS) is 14.4. The molecule has 3 aromatic carbocycles. The standard InChI is InChI=1S/C34H42ClN3O6S/c1-23-16-24(2)18-29(17-23)38(45(41,42)30-14-15-31(43-4)32(20-30)44-5)22-33(39)37(21-26-10-9-11-27(35)19-26)25(3)34(40)36-28-12-7-6-8-13-28/h9-11,14-20,25,28H,6-8,12-13,21-22H2,1-5H3,(H,36,40)/t25-/m1/s1. The summed E-state index contributed by atoms with van der Waals surface area (Å²) in [6, 6.07) is 15.9. The van der Waals surface area contributed by atoms with E-state index in [2.05, 4.69) is 5.32 Å². The first-order valence-corrected chi connectivity index (χ1v) is 16.9. The molecule has 1 aliphatic rings. The summed E-state index contributed by atoms with van der Waals surface area (Å²) in [7, 11) is -1.40. The number of rotatable bonds is 12. The molecular formula is C34H42ClN3O6S. The van der Waals surface area contributed by atoms with Crippen LogP contribution in [0, 0.1) is 13.8 Å². The maximum atomic E-state index is 14.3. The van der Waals surface area contributed by atoms with Gasteiger partial charge in [-0.1, -0.05) is 49.1 Å². The second kappa shape index (κ2) is 15.0. The SMILES string of the molecule is COc1ccc(S(=O)(=O)N(CC(=O)N(Cc2cccc(Cl)c2)[C@H](C)C(=O)NC2CCCCC2)c2cc(C)cc(C)c2)cc1OC. The van der Waals surface area contributed by atoms with Crippen molar-refractivity contribution in [1.82, 2.24) is 10.2 Å². The van der Waals surface area contributed by atoms with Gasteiger partial charge in [-0.2, -0.15) is 0 Å². The van der Waals surface area contributed by atoms with Crippen LogP contribution in [0.1, 0.15) is 55.7 Å². The monoisotopic (exact) mass is 655 g/mol. The van der Waals surface area contributed by atoms with Crippen LogP contribution in [-0.4, -0.2) is 58.0 Å². The first-order chi connectivity index (χ1) is 21.4. The largest absolute Gasteiger partial charge is 0.493 e. The molecule has 0 spiro atoms. The lowest BCUT2D eigenvalue weighted by Crippen LogP contribution is -2.53. The number of benzene rings is 3. The van der Waals surface area contributed by atoms with E-state index in [0.717, 1.165) is 47.5 Å². The van der Waals surface area contributed by atoms with Crippen LogP contribution in [0.4, 0.5) is 5.69 Å². The van der Waals surface area contributed by atoms with Gasteiger partial charge in [0.05, 0.1) is 24.8 Å². The number of carbonyl (C=O) groups excluding carboxylic acids is 2. The molecule has 242 valence electrons. The van der Waals surface area contributed by atoms with Gasteiger partial charge in [0.2, 0.25) is 11.8 Å². The highest BCUT2D eigenvalue weighted by Gasteiger charge is 2.34. The van der Waals surface area contributed by atoms with E-state index < -0.39 is 28.5 Å². The van der Waals surface area contributed by atoms with Gasteiger partial charge in [0.15, 0.2) is 11.5 Å². The summed E-state index contributed by atoms with van der Waals surface area (Å²) in [6.07, 6.45) is 5.02. The smallest absolute Gasteiger partial charge is 0.264 e. The fourth-order valence-electron chi connectivity index (χ4n) is 5.71. The molecule has 1 N–H and O–H groups in total. The van der Waals surface area contributed by atoms with E-state index >= 15 is 0 Å². The number of nitrogens with zero attached hydrogens (tertiary/aromatic N) is 2. The molecule has 3 aromatic rings. The van der Waals surface area contributed by atoms with Crippen molar-refractivity contribution in [2.45, 2.75) is 76.4 Å².